The number of fused-ring (bicyclic) bond motifs is 1. The van der Waals surface area contributed by atoms with Gasteiger partial charge in [0.1, 0.15) is 17.7 Å². The molecule has 1 N–H and O–H groups in total. The van der Waals surface area contributed by atoms with Gasteiger partial charge in [-0.3, -0.25) is 0 Å². The number of ether oxygens (including phenoxy) is 1. The molecule has 0 saturated carbocycles. The Hall–Kier alpha value is -3.01. The Labute approximate surface area is 134 Å². The van der Waals surface area contributed by atoms with E-state index in [1.807, 2.05) is 54.6 Å². The van der Waals surface area contributed by atoms with Crippen LogP contribution in [0.1, 0.15) is 22.9 Å². The van der Waals surface area contributed by atoms with E-state index in [2.05, 4.69) is 22.6 Å². The van der Waals surface area contributed by atoms with Gasteiger partial charge in [-0.2, -0.15) is 0 Å². The lowest BCUT2D eigenvalue weighted by atomic mass is 10.1. The van der Waals surface area contributed by atoms with Crippen LogP contribution in [0.2, 0.25) is 0 Å². The monoisotopic (exact) mass is 304 g/mol. The highest BCUT2D eigenvalue weighted by Crippen LogP contribution is 2.31. The van der Waals surface area contributed by atoms with E-state index in [1.165, 1.54) is 0 Å². The van der Waals surface area contributed by atoms with E-state index in [0.29, 0.717) is 0 Å². The van der Waals surface area contributed by atoms with Crippen LogP contribution in [-0.4, -0.2) is 11.7 Å². The van der Waals surface area contributed by atoms with Crippen molar-refractivity contribution in [3.05, 3.63) is 83.8 Å². The molecule has 0 aliphatic carbocycles. The van der Waals surface area contributed by atoms with Crippen LogP contribution in [0.15, 0.2) is 71.5 Å². The van der Waals surface area contributed by atoms with E-state index in [4.69, 9.17) is 9.26 Å². The minimum atomic E-state index is -0.298. The first-order chi connectivity index (χ1) is 11.4. The Morgan fingerprint density at radius 3 is 2.83 bits per heavy atom. The van der Waals surface area contributed by atoms with Gasteiger partial charge in [-0.25, -0.2) is 0 Å². The zero-order valence-corrected chi connectivity index (χ0v) is 12.5. The van der Waals surface area contributed by atoms with Gasteiger partial charge in [0.25, 0.3) is 0 Å². The Morgan fingerprint density at radius 1 is 1.09 bits per heavy atom. The lowest BCUT2D eigenvalue weighted by molar-refractivity contribution is 0.234. The first-order valence-corrected chi connectivity index (χ1v) is 7.56. The highest BCUT2D eigenvalue weighted by molar-refractivity contribution is 5.71. The Bertz CT molecular complexity index is 811. The van der Waals surface area contributed by atoms with E-state index in [0.717, 1.165) is 34.8 Å². The molecule has 1 aliphatic rings. The summed E-state index contributed by atoms with van der Waals surface area (Å²) in [5.74, 6) is 0.800. The lowest BCUT2D eigenvalue weighted by Crippen LogP contribution is -2.10. The summed E-state index contributed by atoms with van der Waals surface area (Å²) >= 11 is 0. The minimum Gasteiger partial charge on any atom is -0.479 e. The predicted molar refractivity (Wildman–Crippen MR) is 89.4 cm³/mol. The van der Waals surface area contributed by atoms with Gasteiger partial charge in [0.2, 0.25) is 0 Å². The van der Waals surface area contributed by atoms with Crippen molar-refractivity contribution in [1.29, 1.82) is 0 Å². The second kappa shape index (κ2) is 6.01. The van der Waals surface area contributed by atoms with Crippen LogP contribution in [-0.2, 0) is 0 Å². The van der Waals surface area contributed by atoms with E-state index in [1.54, 1.807) is 6.26 Å². The molecule has 0 spiro atoms. The zero-order valence-electron chi connectivity index (χ0n) is 12.5. The van der Waals surface area contributed by atoms with Crippen LogP contribution >= 0.6 is 0 Å². The van der Waals surface area contributed by atoms with Crippen molar-refractivity contribution >= 4 is 11.8 Å². The molecule has 0 radical (unpaired) electrons. The molecule has 4 rings (SSSR count). The molecule has 1 aromatic heterocycles. The molecular formula is C19H16N2O2. The molecule has 0 bridgehead atoms. The van der Waals surface area contributed by atoms with Gasteiger partial charge in [-0.1, -0.05) is 47.6 Å². The number of anilines is 1. The maximum absolute atomic E-state index is 6.23. The van der Waals surface area contributed by atoms with Crippen molar-refractivity contribution in [2.75, 3.05) is 11.9 Å². The molecule has 114 valence electrons. The topological polar surface area (TPSA) is 47.3 Å². The number of hydrogen-bond donors (Lipinski definition) is 1. The summed E-state index contributed by atoms with van der Waals surface area (Å²) < 4.78 is 11.2. The quantitative estimate of drug-likeness (QED) is 0.781. The van der Waals surface area contributed by atoms with E-state index < -0.39 is 0 Å². The van der Waals surface area contributed by atoms with Crippen molar-refractivity contribution in [2.45, 2.75) is 6.10 Å². The summed E-state index contributed by atoms with van der Waals surface area (Å²) in [4.78, 5) is 0. The predicted octanol–water partition coefficient (Wildman–Crippen LogP) is 4.28. The van der Waals surface area contributed by atoms with E-state index in [-0.39, 0.29) is 6.10 Å². The van der Waals surface area contributed by atoms with Gasteiger partial charge < -0.3 is 14.6 Å². The molecule has 2 aromatic carbocycles. The molecule has 0 saturated heterocycles. The maximum atomic E-state index is 6.23. The van der Waals surface area contributed by atoms with Crippen LogP contribution in [0, 0.1) is 0 Å². The fraction of sp³-hybridized carbons (Fsp3) is 0.105. The van der Waals surface area contributed by atoms with Gasteiger partial charge in [-0.15, -0.1) is 0 Å². The van der Waals surface area contributed by atoms with E-state index >= 15 is 0 Å². The SMILES string of the molecule is C1=Cc2cc(OC(c3ccccc3)c3ccon3)ccc2NC1. The number of benzene rings is 2. The fourth-order valence-electron chi connectivity index (χ4n) is 2.69. The molecule has 0 fully saturated rings. The summed E-state index contributed by atoms with van der Waals surface area (Å²) in [5.41, 5.74) is 4.04. The third kappa shape index (κ3) is 2.83. The summed E-state index contributed by atoms with van der Waals surface area (Å²) in [6.45, 7) is 0.860. The molecule has 4 heteroatoms. The lowest BCUT2D eigenvalue weighted by Gasteiger charge is -2.19. The maximum Gasteiger partial charge on any atom is 0.169 e. The zero-order chi connectivity index (χ0) is 15.5. The highest BCUT2D eigenvalue weighted by atomic mass is 16.5. The average Bonchev–Trinajstić information content (AvgIpc) is 3.14. The van der Waals surface area contributed by atoms with Crippen molar-refractivity contribution in [3.8, 4) is 5.75 Å². The standard InChI is InChI=1S/C19H16N2O2/c1-2-5-14(6-3-1)19(18-10-12-22-21-18)23-16-8-9-17-15(13-16)7-4-11-20-17/h1-10,12-13,19-20H,11H2. The summed E-state index contributed by atoms with van der Waals surface area (Å²) in [6.07, 6.45) is 5.47. The first kappa shape index (κ1) is 13.6. The van der Waals surface area contributed by atoms with Crippen LogP contribution in [0.5, 0.6) is 5.75 Å². The highest BCUT2D eigenvalue weighted by Gasteiger charge is 2.19. The van der Waals surface area contributed by atoms with Gasteiger partial charge in [0.15, 0.2) is 6.10 Å². The summed E-state index contributed by atoms with van der Waals surface area (Å²) in [5, 5.41) is 7.38. The molecule has 0 amide bonds. The number of nitrogens with zero attached hydrogens (tertiary/aromatic N) is 1. The Morgan fingerprint density at radius 2 is 2.00 bits per heavy atom. The smallest absolute Gasteiger partial charge is 0.169 e. The van der Waals surface area contributed by atoms with Crippen molar-refractivity contribution < 1.29 is 9.26 Å². The normalized spacial score (nSPS) is 13.9. The largest absolute Gasteiger partial charge is 0.479 e. The average molecular weight is 304 g/mol. The van der Waals surface area contributed by atoms with Crippen molar-refractivity contribution in [2.24, 2.45) is 0 Å². The van der Waals surface area contributed by atoms with Crippen molar-refractivity contribution in [1.82, 2.24) is 5.16 Å². The van der Waals surface area contributed by atoms with Crippen molar-refractivity contribution in [3.63, 3.8) is 0 Å². The second-order valence-electron chi connectivity index (χ2n) is 5.37. The third-order valence-corrected chi connectivity index (χ3v) is 3.81. The second-order valence-corrected chi connectivity index (χ2v) is 5.37. The minimum absolute atomic E-state index is 0.298. The number of rotatable bonds is 4. The Kier molecular flexibility index (Phi) is 3.56. The van der Waals surface area contributed by atoms with Gasteiger partial charge in [0.05, 0.1) is 0 Å². The third-order valence-electron chi connectivity index (χ3n) is 3.81. The summed E-state index contributed by atoms with van der Waals surface area (Å²) in [7, 11) is 0. The molecule has 1 aliphatic heterocycles. The molecule has 4 nitrogen and oxygen atoms in total. The van der Waals surface area contributed by atoms with Crippen LogP contribution in [0.3, 0.4) is 0 Å². The fourth-order valence-corrected chi connectivity index (χ4v) is 2.69. The van der Waals surface area contributed by atoms with Gasteiger partial charge in [0, 0.05) is 23.9 Å². The van der Waals surface area contributed by atoms with Crippen LogP contribution in [0.4, 0.5) is 5.69 Å². The van der Waals surface area contributed by atoms with Crippen LogP contribution in [0.25, 0.3) is 6.08 Å². The molecule has 3 aromatic rings. The number of nitrogens with one attached hydrogen (secondary N) is 1. The number of hydrogen-bond acceptors (Lipinski definition) is 4. The molecule has 2 heterocycles. The molecule has 1 atom stereocenters. The van der Waals surface area contributed by atoms with Gasteiger partial charge >= 0.3 is 0 Å². The number of aromatic nitrogens is 1. The van der Waals surface area contributed by atoms with Gasteiger partial charge in [-0.05, 0) is 23.8 Å². The molecule has 1 unspecified atom stereocenters. The van der Waals surface area contributed by atoms with E-state index in [9.17, 15) is 0 Å². The first-order valence-electron chi connectivity index (χ1n) is 7.56. The Balaban J connectivity index is 1.68. The molecular weight excluding hydrogens is 288 g/mol. The summed E-state index contributed by atoms with van der Waals surface area (Å²) in [6, 6.07) is 17.9. The molecule has 23 heavy (non-hydrogen) atoms. The van der Waals surface area contributed by atoms with Crippen LogP contribution < -0.4 is 10.1 Å².